The first-order chi connectivity index (χ1) is 9.91. The average molecular weight is 430 g/mol. The second kappa shape index (κ2) is 8.87. The summed E-state index contributed by atoms with van der Waals surface area (Å²) in [4.78, 5) is 25.1. The summed E-state index contributed by atoms with van der Waals surface area (Å²) in [7, 11) is -3.02. The van der Waals surface area contributed by atoms with Gasteiger partial charge in [0.15, 0.2) is 0 Å². The highest BCUT2D eigenvalue weighted by atomic mass is 127. The highest BCUT2D eigenvalue weighted by Crippen LogP contribution is 2.48. The van der Waals surface area contributed by atoms with Crippen LogP contribution < -0.4 is 11.2 Å². The molecule has 0 aliphatic rings. The number of halogens is 1. The fourth-order valence-electron chi connectivity index (χ4n) is 1.80. The Morgan fingerprint density at radius 3 is 2.43 bits per heavy atom. The quantitative estimate of drug-likeness (QED) is 0.369. The molecular weight excluding hydrogens is 410 g/mol. The number of nitrogens with one attached hydrogen (secondary N) is 1. The van der Waals surface area contributed by atoms with E-state index in [0.29, 0.717) is 42.3 Å². The molecule has 120 valence electrons. The molecule has 21 heavy (non-hydrogen) atoms. The number of aromatic amines is 1. The minimum absolute atomic E-state index is 0.323. The second-order valence-electron chi connectivity index (χ2n) is 4.31. The van der Waals surface area contributed by atoms with Crippen molar-refractivity contribution in [3.05, 3.63) is 30.6 Å². The molecule has 1 aromatic heterocycles. The molecule has 0 aliphatic heterocycles. The lowest BCUT2D eigenvalue weighted by atomic mass is 10.3. The second-order valence-corrected chi connectivity index (χ2v) is 7.65. The third-order valence-corrected chi connectivity index (χ3v) is 5.64. The number of aryl methyl sites for hydroxylation is 1. The third kappa shape index (κ3) is 6.06. The van der Waals surface area contributed by atoms with Crippen molar-refractivity contribution >= 4 is 30.2 Å². The van der Waals surface area contributed by atoms with Gasteiger partial charge in [-0.2, -0.15) is 0 Å². The van der Waals surface area contributed by atoms with E-state index >= 15 is 0 Å². The maximum absolute atomic E-state index is 12.2. The molecule has 9 heteroatoms. The monoisotopic (exact) mass is 430 g/mol. The molecule has 0 spiro atoms. The molecule has 1 aromatic rings. The number of hydrogen-bond donors (Lipinski definition) is 1. The smallest absolute Gasteiger partial charge is 0.309 e. The zero-order valence-electron chi connectivity index (χ0n) is 12.1. The number of rotatable bonds is 9. The first-order valence-corrected chi connectivity index (χ1v) is 9.60. The van der Waals surface area contributed by atoms with Gasteiger partial charge < -0.3 is 9.05 Å². The Morgan fingerprint density at radius 2 is 1.86 bits per heavy atom. The van der Waals surface area contributed by atoms with Crippen LogP contribution in [-0.4, -0.2) is 28.9 Å². The molecular formula is C12H20IN2O5P. The number of unbranched alkanes of at least 4 members (excludes halogenated alkanes) is 1. The molecule has 0 saturated carbocycles. The van der Waals surface area contributed by atoms with Crippen LogP contribution in [0, 0.1) is 3.57 Å². The lowest BCUT2D eigenvalue weighted by Gasteiger charge is -2.16. The largest absolute Gasteiger partial charge is 0.330 e. The van der Waals surface area contributed by atoms with Crippen LogP contribution in [0.5, 0.6) is 0 Å². The number of hydrogen-bond acceptors (Lipinski definition) is 5. The minimum atomic E-state index is -3.02. The Bertz CT molecular complexity index is 602. The van der Waals surface area contributed by atoms with Gasteiger partial charge in [-0.05, 0) is 49.3 Å². The van der Waals surface area contributed by atoms with Gasteiger partial charge in [0.2, 0.25) is 0 Å². The molecule has 1 rings (SSSR count). The van der Waals surface area contributed by atoms with E-state index in [1.165, 1.54) is 10.8 Å². The van der Waals surface area contributed by atoms with Crippen molar-refractivity contribution in [2.75, 3.05) is 19.4 Å². The molecule has 1 heterocycles. The van der Waals surface area contributed by atoms with E-state index in [-0.39, 0.29) is 5.56 Å². The predicted molar refractivity (Wildman–Crippen MR) is 89.0 cm³/mol. The maximum Gasteiger partial charge on any atom is 0.330 e. The third-order valence-electron chi connectivity index (χ3n) is 2.70. The Hall–Kier alpha value is -0.440. The van der Waals surface area contributed by atoms with Crippen molar-refractivity contribution in [1.82, 2.24) is 9.55 Å². The molecule has 0 bridgehead atoms. The van der Waals surface area contributed by atoms with Crippen LogP contribution in [0.2, 0.25) is 0 Å². The first kappa shape index (κ1) is 18.6. The van der Waals surface area contributed by atoms with Gasteiger partial charge in [0.05, 0.1) is 22.9 Å². The van der Waals surface area contributed by atoms with E-state index in [1.807, 2.05) is 22.6 Å². The van der Waals surface area contributed by atoms with Gasteiger partial charge in [0, 0.05) is 12.7 Å². The van der Waals surface area contributed by atoms with Gasteiger partial charge in [-0.3, -0.25) is 18.9 Å². The highest BCUT2D eigenvalue weighted by molar-refractivity contribution is 14.1. The van der Waals surface area contributed by atoms with E-state index in [4.69, 9.17) is 9.05 Å². The van der Waals surface area contributed by atoms with Crippen LogP contribution in [0.25, 0.3) is 0 Å². The number of nitrogens with zero attached hydrogens (tertiary/aromatic N) is 1. The van der Waals surface area contributed by atoms with Crippen molar-refractivity contribution in [1.29, 1.82) is 0 Å². The molecule has 0 atom stereocenters. The lowest BCUT2D eigenvalue weighted by molar-refractivity contribution is 0.219. The standard InChI is InChI=1S/C12H20IN2O5P/c1-3-19-21(18,20-4-2)8-6-5-7-15-9-10(13)11(16)14-12(15)17/h9H,3-8H2,1-2H3,(H,14,16,17). The summed E-state index contributed by atoms with van der Waals surface area (Å²) < 4.78 is 24.5. The molecule has 7 nitrogen and oxygen atoms in total. The Kier molecular flexibility index (Phi) is 7.86. The van der Waals surface area contributed by atoms with E-state index in [0.717, 1.165) is 0 Å². The van der Waals surface area contributed by atoms with Gasteiger partial charge in [-0.1, -0.05) is 0 Å². The molecule has 0 fully saturated rings. The summed E-state index contributed by atoms with van der Waals surface area (Å²) in [6.45, 7) is 4.68. The van der Waals surface area contributed by atoms with Crippen molar-refractivity contribution in [3.8, 4) is 0 Å². The summed E-state index contributed by atoms with van der Waals surface area (Å²) in [5, 5.41) is 0. The summed E-state index contributed by atoms with van der Waals surface area (Å²) in [5.74, 6) is 0. The minimum Gasteiger partial charge on any atom is -0.309 e. The van der Waals surface area contributed by atoms with Crippen molar-refractivity contribution in [3.63, 3.8) is 0 Å². The van der Waals surface area contributed by atoms with E-state index < -0.39 is 13.3 Å². The van der Waals surface area contributed by atoms with Crippen LogP contribution in [-0.2, 0) is 20.2 Å². The Labute approximate surface area is 136 Å². The molecule has 0 amide bonds. The summed E-state index contributed by atoms with van der Waals surface area (Å²) >= 11 is 1.87. The lowest BCUT2D eigenvalue weighted by Crippen LogP contribution is -2.31. The maximum atomic E-state index is 12.2. The van der Waals surface area contributed by atoms with Gasteiger partial charge >= 0.3 is 13.3 Å². The molecule has 0 aromatic carbocycles. The SMILES string of the molecule is CCOP(=O)(CCCCn1cc(I)c(=O)[nH]c1=O)OCC. The predicted octanol–water partition coefficient (Wildman–Crippen LogP) is 2.19. The topological polar surface area (TPSA) is 90.4 Å². The number of aromatic nitrogens is 2. The van der Waals surface area contributed by atoms with Crippen LogP contribution in [0.1, 0.15) is 26.7 Å². The van der Waals surface area contributed by atoms with Crippen LogP contribution in [0.15, 0.2) is 15.8 Å². The van der Waals surface area contributed by atoms with Crippen molar-refractivity contribution < 1.29 is 13.6 Å². The Morgan fingerprint density at radius 1 is 1.24 bits per heavy atom. The number of H-pyrrole nitrogens is 1. The molecule has 0 aliphatic carbocycles. The molecule has 1 N–H and O–H groups in total. The summed E-state index contributed by atoms with van der Waals surface area (Å²) in [5.41, 5.74) is -0.813. The van der Waals surface area contributed by atoms with Crippen molar-refractivity contribution in [2.45, 2.75) is 33.2 Å². The van der Waals surface area contributed by atoms with Gasteiger partial charge in [-0.25, -0.2) is 4.79 Å². The van der Waals surface area contributed by atoms with Crippen molar-refractivity contribution in [2.24, 2.45) is 0 Å². The van der Waals surface area contributed by atoms with E-state index in [9.17, 15) is 14.2 Å². The average Bonchev–Trinajstić information content (AvgIpc) is 2.41. The fraction of sp³-hybridized carbons (Fsp3) is 0.667. The molecule has 0 saturated heterocycles. The Balaban J connectivity index is 2.54. The van der Waals surface area contributed by atoms with Crippen LogP contribution in [0.3, 0.4) is 0 Å². The highest BCUT2D eigenvalue weighted by Gasteiger charge is 2.22. The van der Waals surface area contributed by atoms with Gasteiger partial charge in [0.25, 0.3) is 5.56 Å². The fourth-order valence-corrected chi connectivity index (χ4v) is 4.00. The zero-order chi connectivity index (χ0) is 15.9. The van der Waals surface area contributed by atoms with E-state index in [1.54, 1.807) is 13.8 Å². The molecule has 0 unspecified atom stereocenters. The van der Waals surface area contributed by atoms with Gasteiger partial charge in [-0.15, -0.1) is 0 Å². The van der Waals surface area contributed by atoms with E-state index in [2.05, 4.69) is 4.98 Å². The summed E-state index contributed by atoms with van der Waals surface area (Å²) in [6, 6.07) is 0. The summed E-state index contributed by atoms with van der Waals surface area (Å²) in [6.07, 6.45) is 3.10. The zero-order valence-corrected chi connectivity index (χ0v) is 15.2. The van der Waals surface area contributed by atoms with Crippen LogP contribution >= 0.6 is 30.2 Å². The van der Waals surface area contributed by atoms with Gasteiger partial charge in [0.1, 0.15) is 0 Å². The first-order valence-electron chi connectivity index (χ1n) is 6.79. The molecule has 0 radical (unpaired) electrons. The van der Waals surface area contributed by atoms with Crippen LogP contribution in [0.4, 0.5) is 0 Å². The normalized spacial score (nSPS) is 11.8.